The number of azide groups is 1. The maximum Gasteiger partial charge on any atom is 0.314 e. The van der Waals surface area contributed by atoms with Crippen LogP contribution in [0.1, 0.15) is 12.5 Å². The molecule has 154 valence electrons. The SMILES string of the molecule is CC(=O)N(N=[N+]=[N-])c1ccc(-c2cc(=O)c3c(N)c(F)c(CO)c(F)c3o2)cc1F. The largest absolute Gasteiger partial charge is 0.453 e. The van der Waals surface area contributed by atoms with Crippen molar-refractivity contribution >= 4 is 28.3 Å². The third-order valence-corrected chi connectivity index (χ3v) is 4.23. The molecule has 3 N–H and O–H groups in total. The lowest BCUT2D eigenvalue weighted by atomic mass is 10.1. The van der Waals surface area contributed by atoms with Crippen molar-refractivity contribution in [3.05, 3.63) is 67.9 Å². The van der Waals surface area contributed by atoms with Crippen LogP contribution in [0.2, 0.25) is 0 Å². The van der Waals surface area contributed by atoms with E-state index in [1.807, 2.05) is 0 Å². The first-order chi connectivity index (χ1) is 14.2. The van der Waals surface area contributed by atoms with Crippen molar-refractivity contribution in [3.63, 3.8) is 0 Å². The summed E-state index contributed by atoms with van der Waals surface area (Å²) in [5.41, 5.74) is 10.6. The number of halogens is 3. The molecule has 3 aromatic rings. The minimum absolute atomic E-state index is 0.0347. The number of aliphatic hydroxyl groups is 1. The van der Waals surface area contributed by atoms with E-state index in [0.29, 0.717) is 5.01 Å². The lowest BCUT2D eigenvalue weighted by Crippen LogP contribution is -2.22. The molecule has 2 aromatic carbocycles. The normalized spacial score (nSPS) is 10.7. The summed E-state index contributed by atoms with van der Waals surface area (Å²) in [5, 5.41) is 12.2. The first-order valence-corrected chi connectivity index (χ1v) is 8.20. The molecule has 0 aliphatic rings. The average molecular weight is 419 g/mol. The average Bonchev–Trinajstić information content (AvgIpc) is 2.70. The summed E-state index contributed by atoms with van der Waals surface area (Å²) in [4.78, 5) is 26.4. The number of hydrogen-bond donors (Lipinski definition) is 2. The summed E-state index contributed by atoms with van der Waals surface area (Å²) in [6.07, 6.45) is 0. The summed E-state index contributed by atoms with van der Waals surface area (Å²) < 4.78 is 48.5. The number of anilines is 2. The smallest absolute Gasteiger partial charge is 0.314 e. The van der Waals surface area contributed by atoms with Gasteiger partial charge in [0.15, 0.2) is 34.2 Å². The number of amides is 1. The number of benzene rings is 2. The first kappa shape index (κ1) is 20.7. The van der Waals surface area contributed by atoms with Crippen LogP contribution in [-0.2, 0) is 11.4 Å². The molecule has 0 atom stereocenters. The molecule has 1 heterocycles. The van der Waals surface area contributed by atoms with Gasteiger partial charge in [0.1, 0.15) is 5.76 Å². The molecule has 1 aromatic heterocycles. The Morgan fingerprint density at radius 1 is 1.30 bits per heavy atom. The maximum absolute atomic E-state index is 14.6. The highest BCUT2D eigenvalue weighted by molar-refractivity contribution is 5.92. The summed E-state index contributed by atoms with van der Waals surface area (Å²) >= 11 is 0. The van der Waals surface area contributed by atoms with Gasteiger partial charge in [-0.05, 0) is 23.4 Å². The molecule has 0 fully saturated rings. The van der Waals surface area contributed by atoms with Gasteiger partial charge in [-0.3, -0.25) is 4.79 Å². The zero-order valence-electron chi connectivity index (χ0n) is 15.2. The van der Waals surface area contributed by atoms with Crippen molar-refractivity contribution in [2.24, 2.45) is 5.22 Å². The standard InChI is InChI=1S/C18H12F3N5O4/c1-7(28)26(25-24-23)11-3-2-8(4-10(11)19)13-5-12(29)14-17(22)15(20)9(6-27)16(21)18(14)30-13/h2-5,27H,6,22H2,1H3. The fraction of sp³-hybridized carbons (Fsp3) is 0.111. The number of rotatable bonds is 4. The van der Waals surface area contributed by atoms with Crippen LogP contribution in [0.4, 0.5) is 24.5 Å². The van der Waals surface area contributed by atoms with E-state index in [-0.39, 0.29) is 17.0 Å². The Balaban J connectivity index is 2.23. The Morgan fingerprint density at radius 2 is 2.00 bits per heavy atom. The topological polar surface area (TPSA) is 146 Å². The molecule has 12 heteroatoms. The number of fused-ring (bicyclic) bond motifs is 1. The number of nitrogens with two attached hydrogens (primary N) is 1. The number of carbonyl (C=O) groups excluding carboxylic acids is 1. The second-order valence-corrected chi connectivity index (χ2v) is 6.03. The van der Waals surface area contributed by atoms with E-state index in [0.717, 1.165) is 25.1 Å². The van der Waals surface area contributed by atoms with E-state index in [2.05, 4.69) is 10.1 Å². The monoisotopic (exact) mass is 419 g/mol. The molecular weight excluding hydrogens is 407 g/mol. The van der Waals surface area contributed by atoms with Crippen molar-refractivity contribution in [1.29, 1.82) is 0 Å². The summed E-state index contributed by atoms with van der Waals surface area (Å²) in [7, 11) is 0. The van der Waals surface area contributed by atoms with Crippen LogP contribution in [0.3, 0.4) is 0 Å². The van der Waals surface area contributed by atoms with E-state index >= 15 is 0 Å². The second-order valence-electron chi connectivity index (χ2n) is 6.03. The summed E-state index contributed by atoms with van der Waals surface area (Å²) in [5.74, 6) is -4.65. The van der Waals surface area contributed by atoms with Gasteiger partial charge in [0.05, 0.1) is 23.2 Å². The highest BCUT2D eigenvalue weighted by Crippen LogP contribution is 2.33. The van der Waals surface area contributed by atoms with E-state index in [1.165, 1.54) is 6.07 Å². The lowest BCUT2D eigenvalue weighted by Gasteiger charge is -2.12. The molecule has 0 aliphatic carbocycles. The highest BCUT2D eigenvalue weighted by atomic mass is 19.1. The molecule has 0 unspecified atom stereocenters. The third kappa shape index (κ3) is 3.30. The Kier molecular flexibility index (Phi) is 5.37. The van der Waals surface area contributed by atoms with Crippen LogP contribution in [0, 0.1) is 17.5 Å². The quantitative estimate of drug-likeness (QED) is 0.218. The van der Waals surface area contributed by atoms with Gasteiger partial charge in [-0.2, -0.15) is 4.91 Å². The van der Waals surface area contributed by atoms with Crippen LogP contribution >= 0.6 is 0 Å². The fourth-order valence-corrected chi connectivity index (χ4v) is 2.84. The highest BCUT2D eigenvalue weighted by Gasteiger charge is 2.24. The molecule has 1 amide bonds. The van der Waals surface area contributed by atoms with Crippen molar-refractivity contribution < 1.29 is 27.5 Å². The lowest BCUT2D eigenvalue weighted by molar-refractivity contribution is -0.116. The van der Waals surface area contributed by atoms with Gasteiger partial charge in [-0.25, -0.2) is 18.0 Å². The van der Waals surface area contributed by atoms with Crippen molar-refractivity contribution in [1.82, 2.24) is 0 Å². The molecule has 3 rings (SSSR count). The Labute approximate surface area is 165 Å². The van der Waals surface area contributed by atoms with Gasteiger partial charge < -0.3 is 15.3 Å². The van der Waals surface area contributed by atoms with E-state index in [1.54, 1.807) is 0 Å². The molecule has 0 saturated heterocycles. The summed E-state index contributed by atoms with van der Waals surface area (Å²) in [6, 6.07) is 4.03. The van der Waals surface area contributed by atoms with Gasteiger partial charge in [-0.15, -0.1) is 10.5 Å². The molecule has 0 saturated carbocycles. The molecule has 0 spiro atoms. The van der Waals surface area contributed by atoms with Crippen LogP contribution in [-0.4, -0.2) is 11.0 Å². The molecule has 9 nitrogen and oxygen atoms in total. The van der Waals surface area contributed by atoms with E-state index in [9.17, 15) is 27.9 Å². The fourth-order valence-electron chi connectivity index (χ4n) is 2.84. The predicted molar refractivity (Wildman–Crippen MR) is 100 cm³/mol. The van der Waals surface area contributed by atoms with Crippen LogP contribution < -0.4 is 16.2 Å². The summed E-state index contributed by atoms with van der Waals surface area (Å²) in [6.45, 7) is 0.0187. The van der Waals surface area contributed by atoms with E-state index < -0.39 is 57.6 Å². The third-order valence-electron chi connectivity index (χ3n) is 4.23. The number of carbonyl (C=O) groups is 1. The first-order valence-electron chi connectivity index (χ1n) is 8.20. The van der Waals surface area contributed by atoms with Crippen LogP contribution in [0.15, 0.2) is 38.7 Å². The van der Waals surface area contributed by atoms with Crippen molar-refractivity contribution in [2.45, 2.75) is 13.5 Å². The number of nitrogens with zero attached hydrogens (tertiary/aromatic N) is 4. The second kappa shape index (κ2) is 7.78. The molecule has 0 bridgehead atoms. The predicted octanol–water partition coefficient (Wildman–Crippen LogP) is 3.53. The maximum atomic E-state index is 14.6. The Bertz CT molecular complexity index is 1300. The molecular formula is C18H12F3N5O4. The zero-order chi connectivity index (χ0) is 22.2. The number of hydrogen-bond acceptors (Lipinski definition) is 6. The Morgan fingerprint density at radius 3 is 2.57 bits per heavy atom. The van der Waals surface area contributed by atoms with Gasteiger partial charge in [-0.1, -0.05) is 0 Å². The Hall–Kier alpha value is -4.02. The molecule has 30 heavy (non-hydrogen) atoms. The van der Waals surface area contributed by atoms with Gasteiger partial charge in [0.2, 0.25) is 0 Å². The van der Waals surface area contributed by atoms with Gasteiger partial charge in [0.25, 0.3) is 0 Å². The molecule has 0 radical (unpaired) electrons. The number of nitrogen functional groups attached to an aromatic ring is 1. The number of aliphatic hydroxyl groups excluding tert-OH is 1. The zero-order valence-corrected chi connectivity index (χ0v) is 15.2. The van der Waals surface area contributed by atoms with E-state index in [4.69, 9.17) is 15.7 Å². The minimum atomic E-state index is -1.32. The van der Waals surface area contributed by atoms with Crippen LogP contribution in [0.25, 0.3) is 32.7 Å². The van der Waals surface area contributed by atoms with Crippen molar-refractivity contribution in [2.75, 3.05) is 10.7 Å². The van der Waals surface area contributed by atoms with Crippen molar-refractivity contribution in [3.8, 4) is 11.3 Å². The van der Waals surface area contributed by atoms with Crippen LogP contribution in [0.5, 0.6) is 0 Å². The minimum Gasteiger partial charge on any atom is -0.453 e. The molecule has 0 aliphatic heterocycles. The van der Waals surface area contributed by atoms with Gasteiger partial charge in [0, 0.05) is 18.6 Å². The van der Waals surface area contributed by atoms with Gasteiger partial charge >= 0.3 is 5.91 Å².